The van der Waals surface area contributed by atoms with Crippen LogP contribution >= 0.6 is 0 Å². The number of rotatable bonds is 2. The predicted molar refractivity (Wildman–Crippen MR) is 91.1 cm³/mol. The van der Waals surface area contributed by atoms with E-state index in [4.69, 9.17) is 0 Å². The highest BCUT2D eigenvalue weighted by molar-refractivity contribution is 5.94. The number of piperidine rings is 1. The Balaban J connectivity index is 1.44. The number of halogens is 3. The number of amides is 1. The van der Waals surface area contributed by atoms with Crippen molar-refractivity contribution in [1.29, 1.82) is 0 Å². The number of benzene rings is 1. The van der Waals surface area contributed by atoms with Crippen LogP contribution < -0.4 is 5.32 Å². The van der Waals surface area contributed by atoms with E-state index >= 15 is 0 Å². The van der Waals surface area contributed by atoms with Gasteiger partial charge in [-0.2, -0.15) is 13.2 Å². The van der Waals surface area contributed by atoms with Gasteiger partial charge in [0, 0.05) is 37.7 Å². The quantitative estimate of drug-likeness (QED) is 0.871. The van der Waals surface area contributed by atoms with E-state index < -0.39 is 11.7 Å². The topological polar surface area (TPSA) is 63.1 Å². The van der Waals surface area contributed by atoms with Crippen LogP contribution in [0, 0.1) is 0 Å². The smallest absolute Gasteiger partial charge is 0.339 e. The van der Waals surface area contributed by atoms with E-state index in [1.54, 1.807) is 4.90 Å². The summed E-state index contributed by atoms with van der Waals surface area (Å²) in [5, 5.41) is 11.8. The average Bonchev–Trinajstić information content (AvgIpc) is 3.11. The van der Waals surface area contributed by atoms with Crippen molar-refractivity contribution in [2.75, 3.05) is 19.6 Å². The lowest BCUT2D eigenvalue weighted by Crippen LogP contribution is -2.39. The molecule has 1 fully saturated rings. The molecule has 0 aliphatic carbocycles. The SMILES string of the molecule is O=C(c1cccc(C(F)(F)F)c1)N1CCC(c2nnc3n2CCNC3)CC1. The molecule has 0 radical (unpaired) electrons. The zero-order valence-corrected chi connectivity index (χ0v) is 14.7. The molecule has 1 aromatic carbocycles. The number of alkyl halides is 3. The van der Waals surface area contributed by atoms with Crippen LogP contribution in [0.15, 0.2) is 24.3 Å². The van der Waals surface area contributed by atoms with Crippen LogP contribution in [0.1, 0.15) is 46.3 Å². The molecule has 3 heterocycles. The highest BCUT2D eigenvalue weighted by atomic mass is 19.4. The Morgan fingerprint density at radius 1 is 1.15 bits per heavy atom. The molecule has 4 rings (SSSR count). The summed E-state index contributed by atoms with van der Waals surface area (Å²) in [7, 11) is 0. The molecule has 0 spiro atoms. The van der Waals surface area contributed by atoms with E-state index in [1.807, 2.05) is 0 Å². The van der Waals surface area contributed by atoms with Crippen LogP contribution in [0.2, 0.25) is 0 Å². The van der Waals surface area contributed by atoms with Crippen LogP contribution in [-0.4, -0.2) is 45.2 Å². The second kappa shape index (κ2) is 6.95. The van der Waals surface area contributed by atoms with Gasteiger partial charge in [0.25, 0.3) is 5.91 Å². The highest BCUT2D eigenvalue weighted by Gasteiger charge is 2.32. The van der Waals surface area contributed by atoms with E-state index in [-0.39, 0.29) is 17.4 Å². The number of carbonyl (C=O) groups is 1. The number of aromatic nitrogens is 3. The molecular formula is C18H20F3N5O. The monoisotopic (exact) mass is 379 g/mol. The standard InChI is InChI=1S/C18H20F3N5O/c19-18(20,21)14-3-1-2-13(10-14)17(27)25-7-4-12(5-8-25)16-24-23-15-11-22-6-9-26(15)16/h1-3,10,12,22H,4-9,11H2. The fraction of sp³-hybridized carbons (Fsp3) is 0.500. The number of fused-ring (bicyclic) bond motifs is 1. The summed E-state index contributed by atoms with van der Waals surface area (Å²) in [6.07, 6.45) is -2.99. The number of likely N-dealkylation sites (tertiary alicyclic amines) is 1. The maximum absolute atomic E-state index is 12.9. The van der Waals surface area contributed by atoms with Crippen molar-refractivity contribution in [3.05, 3.63) is 47.0 Å². The molecule has 1 amide bonds. The van der Waals surface area contributed by atoms with E-state index in [0.29, 0.717) is 19.6 Å². The Hall–Kier alpha value is -2.42. The van der Waals surface area contributed by atoms with Crippen molar-refractivity contribution in [2.24, 2.45) is 0 Å². The summed E-state index contributed by atoms with van der Waals surface area (Å²) >= 11 is 0. The number of nitrogens with one attached hydrogen (secondary N) is 1. The largest absolute Gasteiger partial charge is 0.416 e. The van der Waals surface area contributed by atoms with Crippen LogP contribution in [0.4, 0.5) is 13.2 Å². The van der Waals surface area contributed by atoms with Gasteiger partial charge in [0.15, 0.2) is 0 Å². The summed E-state index contributed by atoms with van der Waals surface area (Å²) in [6, 6.07) is 4.62. The summed E-state index contributed by atoms with van der Waals surface area (Å²) < 4.78 is 40.8. The first kappa shape index (κ1) is 18.0. The molecule has 0 unspecified atom stereocenters. The lowest BCUT2D eigenvalue weighted by Gasteiger charge is -2.32. The third-order valence-electron chi connectivity index (χ3n) is 5.24. The minimum atomic E-state index is -4.45. The van der Waals surface area contributed by atoms with E-state index in [1.165, 1.54) is 12.1 Å². The summed E-state index contributed by atoms with van der Waals surface area (Å²) in [6.45, 7) is 3.42. The second-order valence-corrected chi connectivity index (χ2v) is 6.95. The first-order valence-corrected chi connectivity index (χ1v) is 9.02. The zero-order valence-electron chi connectivity index (χ0n) is 14.7. The zero-order chi connectivity index (χ0) is 19.0. The Morgan fingerprint density at radius 3 is 2.67 bits per heavy atom. The lowest BCUT2D eigenvalue weighted by molar-refractivity contribution is -0.137. The van der Waals surface area contributed by atoms with Gasteiger partial charge >= 0.3 is 6.18 Å². The maximum atomic E-state index is 12.9. The number of hydrogen-bond donors (Lipinski definition) is 1. The van der Waals surface area contributed by atoms with Gasteiger partial charge in [0.2, 0.25) is 0 Å². The van der Waals surface area contributed by atoms with Crippen molar-refractivity contribution >= 4 is 5.91 Å². The number of carbonyl (C=O) groups excluding carboxylic acids is 1. The van der Waals surface area contributed by atoms with Gasteiger partial charge in [-0.1, -0.05) is 6.07 Å². The number of hydrogen-bond acceptors (Lipinski definition) is 4. The molecule has 6 nitrogen and oxygen atoms in total. The van der Waals surface area contributed by atoms with E-state index in [9.17, 15) is 18.0 Å². The first-order chi connectivity index (χ1) is 12.9. The third-order valence-corrected chi connectivity index (χ3v) is 5.24. The predicted octanol–water partition coefficient (Wildman–Crippen LogP) is 2.42. The first-order valence-electron chi connectivity index (χ1n) is 9.02. The second-order valence-electron chi connectivity index (χ2n) is 6.95. The average molecular weight is 379 g/mol. The summed E-state index contributed by atoms with van der Waals surface area (Å²) in [4.78, 5) is 14.2. The van der Waals surface area contributed by atoms with Crippen LogP contribution in [0.5, 0.6) is 0 Å². The van der Waals surface area contributed by atoms with Gasteiger partial charge < -0.3 is 14.8 Å². The molecule has 2 aromatic rings. The molecule has 0 bridgehead atoms. The molecular weight excluding hydrogens is 359 g/mol. The molecule has 2 aliphatic rings. The van der Waals surface area contributed by atoms with E-state index in [0.717, 1.165) is 49.7 Å². The number of nitrogens with zero attached hydrogens (tertiary/aromatic N) is 4. The van der Waals surface area contributed by atoms with Gasteiger partial charge in [-0.15, -0.1) is 10.2 Å². The van der Waals surface area contributed by atoms with Crippen molar-refractivity contribution < 1.29 is 18.0 Å². The van der Waals surface area contributed by atoms with Gasteiger partial charge in [-0.3, -0.25) is 4.79 Å². The van der Waals surface area contributed by atoms with Crippen molar-refractivity contribution in [3.63, 3.8) is 0 Å². The fourth-order valence-corrected chi connectivity index (χ4v) is 3.77. The van der Waals surface area contributed by atoms with Gasteiger partial charge in [-0.25, -0.2) is 0 Å². The minimum absolute atomic E-state index is 0.0780. The van der Waals surface area contributed by atoms with Gasteiger partial charge in [0.05, 0.1) is 12.1 Å². The Bertz CT molecular complexity index is 840. The molecule has 9 heteroatoms. The van der Waals surface area contributed by atoms with Crippen molar-refractivity contribution in [1.82, 2.24) is 25.0 Å². The molecule has 0 atom stereocenters. The molecule has 1 N–H and O–H groups in total. The van der Waals surface area contributed by atoms with Crippen LogP contribution in [0.3, 0.4) is 0 Å². The molecule has 1 aromatic heterocycles. The molecule has 1 saturated heterocycles. The summed E-state index contributed by atoms with van der Waals surface area (Å²) in [5.41, 5.74) is -0.721. The Morgan fingerprint density at radius 2 is 1.93 bits per heavy atom. The molecule has 144 valence electrons. The fourth-order valence-electron chi connectivity index (χ4n) is 3.77. The lowest BCUT2D eigenvalue weighted by atomic mass is 9.95. The minimum Gasteiger partial charge on any atom is -0.339 e. The van der Waals surface area contributed by atoms with Crippen LogP contribution in [-0.2, 0) is 19.3 Å². The molecule has 0 saturated carbocycles. The molecule has 27 heavy (non-hydrogen) atoms. The van der Waals surface area contributed by atoms with Gasteiger partial charge in [-0.05, 0) is 31.0 Å². The summed E-state index contributed by atoms with van der Waals surface area (Å²) in [5.74, 6) is 1.75. The third kappa shape index (κ3) is 3.55. The Labute approximate surface area is 154 Å². The highest BCUT2D eigenvalue weighted by Crippen LogP contribution is 2.31. The van der Waals surface area contributed by atoms with Gasteiger partial charge in [0.1, 0.15) is 11.6 Å². The Kier molecular flexibility index (Phi) is 4.63. The van der Waals surface area contributed by atoms with Crippen molar-refractivity contribution in [3.8, 4) is 0 Å². The van der Waals surface area contributed by atoms with Crippen molar-refractivity contribution in [2.45, 2.75) is 38.0 Å². The van der Waals surface area contributed by atoms with E-state index in [2.05, 4.69) is 20.1 Å². The molecule has 2 aliphatic heterocycles. The normalized spacial score (nSPS) is 18.4. The maximum Gasteiger partial charge on any atom is 0.416 e. The van der Waals surface area contributed by atoms with Crippen LogP contribution in [0.25, 0.3) is 0 Å².